The summed E-state index contributed by atoms with van der Waals surface area (Å²) in [6.45, 7) is 0. The maximum Gasteiger partial charge on any atom is 0.368 e. The zero-order valence-corrected chi connectivity index (χ0v) is 22.3. The van der Waals surface area contributed by atoms with Gasteiger partial charge in [0.25, 0.3) is 0 Å². The number of phenols is 1. The first-order valence-electron chi connectivity index (χ1n) is 12.4. The van der Waals surface area contributed by atoms with Crippen molar-refractivity contribution in [3.8, 4) is 22.9 Å². The first-order valence-corrected chi connectivity index (χ1v) is 12.8. The van der Waals surface area contributed by atoms with Crippen LogP contribution in [0.1, 0.15) is 21.0 Å². The van der Waals surface area contributed by atoms with Crippen molar-refractivity contribution in [2.24, 2.45) is 0 Å². The largest absolute Gasteiger partial charge is 0.506 e. The highest BCUT2D eigenvalue weighted by Gasteiger charge is 2.24. The fourth-order valence-electron chi connectivity index (χ4n) is 4.53. The molecule has 0 atom stereocenters. The molecule has 212 valence electrons. The number of halogens is 2. The van der Waals surface area contributed by atoms with Gasteiger partial charge in [-0.1, -0.05) is 23.7 Å². The number of phenolic OH excluding ortho intramolecular Hbond substituents is 1. The maximum atomic E-state index is 13.5. The fourth-order valence-corrected chi connectivity index (χ4v) is 4.65. The molecule has 0 radical (unpaired) electrons. The highest BCUT2D eigenvalue weighted by molar-refractivity contribution is 6.30. The molecular weight excluding hydrogens is 583 g/mol. The van der Waals surface area contributed by atoms with Crippen molar-refractivity contribution in [2.75, 3.05) is 0 Å². The first-order chi connectivity index (χ1) is 20.6. The number of ether oxygens (including phenoxy) is 1. The van der Waals surface area contributed by atoms with E-state index in [1.807, 2.05) is 0 Å². The zero-order chi connectivity index (χ0) is 30.4. The molecule has 0 aliphatic heterocycles. The van der Waals surface area contributed by atoms with E-state index in [9.17, 15) is 33.8 Å². The molecule has 0 saturated heterocycles. The van der Waals surface area contributed by atoms with Crippen LogP contribution in [-0.2, 0) is 0 Å². The van der Waals surface area contributed by atoms with E-state index >= 15 is 0 Å². The van der Waals surface area contributed by atoms with Gasteiger partial charge in [0.1, 0.15) is 22.8 Å². The zero-order valence-electron chi connectivity index (χ0n) is 21.6. The van der Waals surface area contributed by atoms with Gasteiger partial charge in [-0.2, -0.15) is 10.2 Å². The van der Waals surface area contributed by atoms with Gasteiger partial charge in [-0.3, -0.25) is 9.59 Å². The van der Waals surface area contributed by atoms with Gasteiger partial charge in [0.2, 0.25) is 22.2 Å². The monoisotopic (exact) mass is 598 g/mol. The first kappa shape index (κ1) is 27.3. The van der Waals surface area contributed by atoms with Gasteiger partial charge >= 0.3 is 11.9 Å². The van der Waals surface area contributed by atoms with Crippen LogP contribution in [-0.4, -0.2) is 41.7 Å². The number of aromatic carboxylic acids is 1. The number of aromatic nitrogens is 4. The average Bonchev–Trinajstić information content (AvgIpc) is 2.99. The smallest absolute Gasteiger partial charge is 0.368 e. The van der Waals surface area contributed by atoms with Crippen molar-refractivity contribution in [3.63, 3.8) is 0 Å². The Bertz CT molecular complexity index is 2230. The summed E-state index contributed by atoms with van der Waals surface area (Å²) < 4.78 is 21.2. The summed E-state index contributed by atoms with van der Waals surface area (Å²) in [5.74, 6) is -4.44. The minimum absolute atomic E-state index is 0.136. The van der Waals surface area contributed by atoms with Gasteiger partial charge < -0.3 is 14.9 Å². The lowest BCUT2D eigenvalue weighted by Crippen LogP contribution is -2.26. The molecule has 43 heavy (non-hydrogen) atoms. The molecule has 6 aromatic rings. The molecule has 0 amide bonds. The molecular formula is C30H16ClFN4O7. The number of hydrogen-bond acceptors (Lipinski definition) is 8. The maximum absolute atomic E-state index is 13.5. The number of aromatic hydroxyl groups is 1. The molecule has 2 N–H and O–H groups in total. The van der Waals surface area contributed by atoms with Crippen LogP contribution in [0, 0.1) is 5.82 Å². The van der Waals surface area contributed by atoms with Crippen LogP contribution >= 0.6 is 11.6 Å². The number of para-hydroxylation sites is 1. The van der Waals surface area contributed by atoms with Crippen LogP contribution in [0.2, 0.25) is 5.02 Å². The number of carboxylic acids is 1. The summed E-state index contributed by atoms with van der Waals surface area (Å²) >= 11 is 6.01. The third-order valence-corrected chi connectivity index (χ3v) is 6.73. The van der Waals surface area contributed by atoms with E-state index in [-0.39, 0.29) is 27.7 Å². The van der Waals surface area contributed by atoms with Gasteiger partial charge in [0.05, 0.1) is 27.7 Å². The number of carboxylic acid groups (broad SMARTS) is 1. The van der Waals surface area contributed by atoms with Crippen molar-refractivity contribution in [1.29, 1.82) is 0 Å². The van der Waals surface area contributed by atoms with Gasteiger partial charge in [-0.15, -0.1) is 0 Å². The normalized spacial score (nSPS) is 11.1. The Kier molecular flexibility index (Phi) is 6.67. The Labute approximate surface area is 244 Å². The Hall–Kier alpha value is -5.88. The van der Waals surface area contributed by atoms with Crippen LogP contribution in [0.15, 0.2) is 94.5 Å². The number of hydrogen-bond donors (Lipinski definition) is 2. The second kappa shape index (κ2) is 10.5. The topological polar surface area (TPSA) is 154 Å². The van der Waals surface area contributed by atoms with Crippen LogP contribution in [0.5, 0.6) is 11.5 Å². The predicted molar refractivity (Wildman–Crippen MR) is 153 cm³/mol. The molecule has 0 aliphatic rings. The summed E-state index contributed by atoms with van der Waals surface area (Å²) in [6, 6.07) is 19.7. The minimum atomic E-state index is -1.66. The molecule has 0 spiro atoms. The predicted octanol–water partition coefficient (Wildman–Crippen LogP) is 4.50. The SMILES string of the molecule is O=C(Oc1cc(O)c2c(c1)c(=O)c(C(=O)O)nn2-c1ccc(F)cc1)c1nn(-c2ccc(Cl)cc2)c2ccccc2c1=O. The van der Waals surface area contributed by atoms with Crippen LogP contribution in [0.4, 0.5) is 4.39 Å². The number of nitrogens with zero attached hydrogens (tertiary/aromatic N) is 4. The second-order valence-corrected chi connectivity index (χ2v) is 9.62. The van der Waals surface area contributed by atoms with E-state index in [4.69, 9.17) is 16.3 Å². The molecule has 11 nitrogen and oxygen atoms in total. The highest BCUT2D eigenvalue weighted by atomic mass is 35.5. The Morgan fingerprint density at radius 2 is 1.40 bits per heavy atom. The van der Waals surface area contributed by atoms with E-state index in [2.05, 4.69) is 10.2 Å². The van der Waals surface area contributed by atoms with Crippen LogP contribution in [0.25, 0.3) is 33.2 Å². The summed E-state index contributed by atoms with van der Waals surface area (Å²) in [6.07, 6.45) is 0. The molecule has 0 unspecified atom stereocenters. The molecule has 6 rings (SSSR count). The summed E-state index contributed by atoms with van der Waals surface area (Å²) in [5, 5.41) is 28.8. The van der Waals surface area contributed by atoms with Gasteiger partial charge in [-0.05, 0) is 66.7 Å². The van der Waals surface area contributed by atoms with E-state index in [0.717, 1.165) is 28.9 Å². The molecule has 0 saturated carbocycles. The number of carbonyl (C=O) groups excluding carboxylic acids is 1. The Balaban J connectivity index is 1.49. The minimum Gasteiger partial charge on any atom is -0.506 e. The van der Waals surface area contributed by atoms with Crippen molar-refractivity contribution >= 4 is 45.3 Å². The Morgan fingerprint density at radius 1 is 0.791 bits per heavy atom. The van der Waals surface area contributed by atoms with E-state index in [1.54, 1.807) is 42.5 Å². The van der Waals surface area contributed by atoms with Crippen molar-refractivity contribution in [2.45, 2.75) is 0 Å². The average molecular weight is 599 g/mol. The molecule has 0 aliphatic carbocycles. The van der Waals surface area contributed by atoms with Crippen molar-refractivity contribution < 1.29 is 28.9 Å². The number of benzene rings is 4. The number of rotatable bonds is 5. The summed E-state index contributed by atoms with van der Waals surface area (Å²) in [4.78, 5) is 51.5. The van der Waals surface area contributed by atoms with Gasteiger partial charge in [0, 0.05) is 11.1 Å². The third kappa shape index (κ3) is 4.85. The standard InChI is InChI=1S/C30H16ClFN4O7/c31-15-5-9-17(10-6-15)35-22-4-2-1-3-20(22)27(38)25(34-35)30(42)43-19-13-21-26(23(37)14-19)36(18-11-7-16(32)8-12-18)33-24(28(21)39)29(40)41/h1-14,37H,(H,40,41). The number of esters is 1. The Morgan fingerprint density at radius 3 is 2.09 bits per heavy atom. The van der Waals surface area contributed by atoms with Crippen molar-refractivity contribution in [3.05, 3.63) is 128 Å². The van der Waals surface area contributed by atoms with E-state index in [0.29, 0.717) is 16.2 Å². The number of carbonyl (C=O) groups is 2. The van der Waals surface area contributed by atoms with Crippen LogP contribution in [0.3, 0.4) is 0 Å². The van der Waals surface area contributed by atoms with Gasteiger partial charge in [0.15, 0.2) is 0 Å². The van der Waals surface area contributed by atoms with Gasteiger partial charge in [-0.25, -0.2) is 23.3 Å². The third-order valence-electron chi connectivity index (χ3n) is 6.48. The molecule has 0 fully saturated rings. The fraction of sp³-hybridized carbons (Fsp3) is 0. The summed E-state index contributed by atoms with van der Waals surface area (Å²) in [7, 11) is 0. The summed E-state index contributed by atoms with van der Waals surface area (Å²) in [5.41, 5.74) is -2.50. The van der Waals surface area contributed by atoms with E-state index in [1.165, 1.54) is 22.9 Å². The van der Waals surface area contributed by atoms with Crippen molar-refractivity contribution in [1.82, 2.24) is 19.6 Å². The lowest BCUT2D eigenvalue weighted by Gasteiger charge is -2.14. The van der Waals surface area contributed by atoms with E-state index < -0.39 is 45.8 Å². The molecule has 2 aromatic heterocycles. The van der Waals surface area contributed by atoms with Crippen LogP contribution < -0.4 is 15.6 Å². The number of fused-ring (bicyclic) bond motifs is 2. The molecule has 0 bridgehead atoms. The molecule has 4 aromatic carbocycles. The molecule has 13 heteroatoms. The molecule has 2 heterocycles. The quantitative estimate of drug-likeness (QED) is 0.216. The highest BCUT2D eigenvalue weighted by Crippen LogP contribution is 2.31. The lowest BCUT2D eigenvalue weighted by atomic mass is 10.1. The second-order valence-electron chi connectivity index (χ2n) is 9.18. The lowest BCUT2D eigenvalue weighted by molar-refractivity contribution is 0.0684.